The van der Waals surface area contributed by atoms with Crippen LogP contribution in [0.2, 0.25) is 10.0 Å². The summed E-state index contributed by atoms with van der Waals surface area (Å²) in [7, 11) is 1.59. The molecule has 0 bridgehead atoms. The highest BCUT2D eigenvalue weighted by Gasteiger charge is 2.32. The molecule has 1 saturated heterocycles. The van der Waals surface area contributed by atoms with Crippen LogP contribution in [0.3, 0.4) is 0 Å². The van der Waals surface area contributed by atoms with E-state index in [1.54, 1.807) is 25.3 Å². The van der Waals surface area contributed by atoms with Crippen molar-refractivity contribution >= 4 is 57.6 Å². The van der Waals surface area contributed by atoms with Crippen LogP contribution >= 0.6 is 35.0 Å². The van der Waals surface area contributed by atoms with Crippen LogP contribution in [0.1, 0.15) is 13.3 Å². The normalized spacial score (nSPS) is 20.1. The highest BCUT2D eigenvalue weighted by molar-refractivity contribution is 8.15. The Morgan fingerprint density at radius 3 is 2.96 bits per heavy atom. The molecular weight excluding hydrogens is 373 g/mol. The number of amidine groups is 1. The molecule has 0 radical (unpaired) electrons. The van der Waals surface area contributed by atoms with Crippen molar-refractivity contribution in [1.29, 1.82) is 0 Å². The zero-order valence-corrected chi connectivity index (χ0v) is 15.5. The maximum atomic E-state index is 12.1. The van der Waals surface area contributed by atoms with Crippen LogP contribution in [0.5, 0.6) is 0 Å². The molecule has 1 aromatic carbocycles. The van der Waals surface area contributed by atoms with Crippen molar-refractivity contribution in [1.82, 2.24) is 5.32 Å². The van der Waals surface area contributed by atoms with Gasteiger partial charge in [0.2, 0.25) is 11.8 Å². The molecule has 1 aliphatic rings. The highest BCUT2D eigenvalue weighted by atomic mass is 35.5. The molecule has 0 spiro atoms. The summed E-state index contributed by atoms with van der Waals surface area (Å²) in [5, 5.41) is 5.93. The fraction of sp³-hybridized carbons (Fsp3) is 0.400. The van der Waals surface area contributed by atoms with Gasteiger partial charge in [0.1, 0.15) is 5.25 Å². The second kappa shape index (κ2) is 8.71. The van der Waals surface area contributed by atoms with Crippen molar-refractivity contribution < 1.29 is 14.3 Å². The Hall–Kier alpha value is -1.28. The summed E-state index contributed by atoms with van der Waals surface area (Å²) in [5.41, 5.74) is 0.417. The second-order valence-electron chi connectivity index (χ2n) is 5.19. The van der Waals surface area contributed by atoms with E-state index in [1.807, 2.05) is 6.92 Å². The van der Waals surface area contributed by atoms with Gasteiger partial charge in [0.05, 0.1) is 28.4 Å². The molecule has 9 heteroatoms. The Morgan fingerprint density at radius 2 is 2.25 bits per heavy atom. The summed E-state index contributed by atoms with van der Waals surface area (Å²) in [4.78, 5) is 28.4. The number of thioether (sulfide) groups is 1. The summed E-state index contributed by atoms with van der Waals surface area (Å²) in [6, 6.07) is 4.88. The van der Waals surface area contributed by atoms with Crippen molar-refractivity contribution in [3.8, 4) is 0 Å². The maximum Gasteiger partial charge on any atom is 0.240 e. The summed E-state index contributed by atoms with van der Waals surface area (Å²) in [6.45, 7) is 2.34. The first kappa shape index (κ1) is 19.1. The minimum Gasteiger partial charge on any atom is -0.382 e. The van der Waals surface area contributed by atoms with Crippen LogP contribution in [-0.4, -0.2) is 42.0 Å². The van der Waals surface area contributed by atoms with Crippen molar-refractivity contribution in [2.24, 2.45) is 4.99 Å². The van der Waals surface area contributed by atoms with E-state index in [0.29, 0.717) is 22.5 Å². The number of nitrogens with zero attached hydrogens (tertiary/aromatic N) is 1. The minimum atomic E-state index is -0.531. The van der Waals surface area contributed by atoms with E-state index < -0.39 is 5.25 Å². The van der Waals surface area contributed by atoms with Gasteiger partial charge in [-0.1, -0.05) is 41.0 Å². The summed E-state index contributed by atoms with van der Waals surface area (Å²) in [6.07, 6.45) is 0.0109. The number of benzene rings is 1. The number of halogens is 2. The van der Waals surface area contributed by atoms with Crippen molar-refractivity contribution in [3.63, 3.8) is 0 Å². The van der Waals surface area contributed by atoms with Gasteiger partial charge in [0, 0.05) is 13.5 Å². The predicted molar refractivity (Wildman–Crippen MR) is 98.0 cm³/mol. The van der Waals surface area contributed by atoms with Crippen LogP contribution < -0.4 is 10.6 Å². The van der Waals surface area contributed by atoms with Crippen LogP contribution in [0, 0.1) is 0 Å². The number of aliphatic imine (C=N–C) groups is 1. The number of nitrogens with one attached hydrogen (secondary N) is 2. The molecule has 0 aliphatic carbocycles. The molecule has 6 nitrogen and oxygen atoms in total. The first-order chi connectivity index (χ1) is 11.4. The molecule has 1 fully saturated rings. The first-order valence-corrected chi connectivity index (χ1v) is 8.82. The summed E-state index contributed by atoms with van der Waals surface area (Å²) >= 11 is 13.2. The van der Waals surface area contributed by atoms with Crippen molar-refractivity contribution in [2.45, 2.75) is 24.6 Å². The summed E-state index contributed by atoms with van der Waals surface area (Å²) in [5.74, 6) is -0.561. The van der Waals surface area contributed by atoms with E-state index in [4.69, 9.17) is 27.9 Å². The molecular formula is C15H17Cl2N3O3S. The zero-order chi connectivity index (χ0) is 17.7. The van der Waals surface area contributed by atoms with Gasteiger partial charge in [-0.3, -0.25) is 14.6 Å². The van der Waals surface area contributed by atoms with Crippen molar-refractivity contribution in [2.75, 3.05) is 19.0 Å². The van der Waals surface area contributed by atoms with E-state index in [-0.39, 0.29) is 29.3 Å². The number of carbonyl (C=O) groups is 2. The van der Waals surface area contributed by atoms with Gasteiger partial charge in [-0.05, 0) is 19.1 Å². The molecule has 2 N–H and O–H groups in total. The molecule has 24 heavy (non-hydrogen) atoms. The van der Waals surface area contributed by atoms with E-state index in [1.165, 1.54) is 11.8 Å². The number of rotatable bonds is 6. The quantitative estimate of drug-likeness (QED) is 0.783. The predicted octanol–water partition coefficient (Wildman–Crippen LogP) is 2.94. The molecule has 0 unspecified atom stereocenters. The number of hydrogen-bond donors (Lipinski definition) is 2. The Bertz CT molecular complexity index is 669. The Kier molecular flexibility index (Phi) is 6.91. The molecule has 1 heterocycles. The SMILES string of the molecule is COC[C@H](C)N=C1NC(=O)[C@H](CC(=O)Nc2cccc(Cl)c2Cl)S1. The molecule has 2 amide bonds. The molecule has 1 aromatic rings. The molecule has 130 valence electrons. The van der Waals surface area contributed by atoms with E-state index >= 15 is 0 Å². The van der Waals surface area contributed by atoms with Gasteiger partial charge in [-0.2, -0.15) is 0 Å². The molecule has 2 rings (SSSR count). The number of carbonyl (C=O) groups excluding carboxylic acids is 2. The Morgan fingerprint density at radius 1 is 1.50 bits per heavy atom. The second-order valence-corrected chi connectivity index (χ2v) is 7.16. The third-order valence-corrected chi connectivity index (χ3v) is 5.03. The van der Waals surface area contributed by atoms with Gasteiger partial charge in [0.25, 0.3) is 0 Å². The lowest BCUT2D eigenvalue weighted by Gasteiger charge is -2.09. The first-order valence-electron chi connectivity index (χ1n) is 7.18. The highest BCUT2D eigenvalue weighted by Crippen LogP contribution is 2.30. The van der Waals surface area contributed by atoms with Crippen molar-refractivity contribution in [3.05, 3.63) is 28.2 Å². The third kappa shape index (κ3) is 5.11. The standard InChI is InChI=1S/C15H17Cl2N3O3S/c1-8(7-23-2)18-15-20-14(22)11(24-15)6-12(21)19-10-5-3-4-9(16)13(10)17/h3-5,8,11H,6-7H2,1-2H3,(H,19,21)(H,18,20,22)/t8-,11-/m0/s1. The molecule has 0 aromatic heterocycles. The zero-order valence-electron chi connectivity index (χ0n) is 13.1. The fourth-order valence-corrected chi connectivity index (χ4v) is 3.47. The Balaban J connectivity index is 1.95. The fourth-order valence-electron chi connectivity index (χ4n) is 2.05. The number of ether oxygens (including phenoxy) is 1. The largest absolute Gasteiger partial charge is 0.382 e. The van der Waals surface area contributed by atoms with Crippen LogP contribution in [0.25, 0.3) is 0 Å². The van der Waals surface area contributed by atoms with Gasteiger partial charge >= 0.3 is 0 Å². The lowest BCUT2D eigenvalue weighted by Crippen LogP contribution is -2.28. The third-order valence-electron chi connectivity index (χ3n) is 3.12. The number of methoxy groups -OCH3 is 1. The number of amides is 2. The van der Waals surface area contributed by atoms with Crippen LogP contribution in [0.15, 0.2) is 23.2 Å². The Labute approximate surface area is 154 Å². The maximum absolute atomic E-state index is 12.1. The van der Waals surface area contributed by atoms with E-state index in [2.05, 4.69) is 15.6 Å². The summed E-state index contributed by atoms with van der Waals surface area (Å²) < 4.78 is 5.00. The van der Waals surface area contributed by atoms with E-state index in [9.17, 15) is 9.59 Å². The average molecular weight is 390 g/mol. The van der Waals surface area contributed by atoms with Gasteiger partial charge < -0.3 is 15.4 Å². The van der Waals surface area contributed by atoms with Crippen LogP contribution in [0.4, 0.5) is 5.69 Å². The number of anilines is 1. The van der Waals surface area contributed by atoms with Gasteiger partial charge in [0.15, 0.2) is 5.17 Å². The lowest BCUT2D eigenvalue weighted by atomic mass is 10.2. The smallest absolute Gasteiger partial charge is 0.240 e. The average Bonchev–Trinajstić information content (AvgIpc) is 2.83. The number of hydrogen-bond acceptors (Lipinski definition) is 5. The molecule has 0 saturated carbocycles. The lowest BCUT2D eigenvalue weighted by molar-refractivity contribution is -0.122. The molecule has 1 aliphatic heterocycles. The van der Waals surface area contributed by atoms with Gasteiger partial charge in [-0.25, -0.2) is 0 Å². The monoisotopic (exact) mass is 389 g/mol. The minimum absolute atomic E-state index is 0.0109. The topological polar surface area (TPSA) is 79.8 Å². The van der Waals surface area contributed by atoms with Gasteiger partial charge in [-0.15, -0.1) is 0 Å². The molecule has 2 atom stereocenters. The van der Waals surface area contributed by atoms with Crippen LogP contribution in [-0.2, 0) is 14.3 Å². The van der Waals surface area contributed by atoms with E-state index in [0.717, 1.165) is 0 Å².